The van der Waals surface area contributed by atoms with Crippen molar-refractivity contribution in [1.82, 2.24) is 30.4 Å². The monoisotopic (exact) mass is 394 g/mol. The van der Waals surface area contributed by atoms with Crippen molar-refractivity contribution in [2.75, 3.05) is 18.6 Å². The van der Waals surface area contributed by atoms with Crippen LogP contribution in [0.3, 0.4) is 0 Å². The van der Waals surface area contributed by atoms with Crippen LogP contribution < -0.4 is 21.8 Å². The normalized spacial score (nSPS) is 10.3. The van der Waals surface area contributed by atoms with Gasteiger partial charge in [0.1, 0.15) is 11.6 Å². The van der Waals surface area contributed by atoms with Crippen molar-refractivity contribution < 1.29 is 4.74 Å². The van der Waals surface area contributed by atoms with Crippen LogP contribution in [0.5, 0.6) is 5.88 Å². The molecular formula is C19H22N8O2. The Labute approximate surface area is 166 Å². The van der Waals surface area contributed by atoms with Gasteiger partial charge in [-0.2, -0.15) is 10.2 Å². The third-order valence-electron chi connectivity index (χ3n) is 4.00. The summed E-state index contributed by atoms with van der Waals surface area (Å²) in [6.45, 7) is 3.87. The zero-order valence-corrected chi connectivity index (χ0v) is 16.3. The van der Waals surface area contributed by atoms with Gasteiger partial charge in [0.15, 0.2) is 0 Å². The molecule has 4 aromatic rings. The number of nitrogens with one attached hydrogen (secondary N) is 3. The number of H-pyrrole nitrogens is 3. The van der Waals surface area contributed by atoms with E-state index in [0.29, 0.717) is 28.8 Å². The van der Waals surface area contributed by atoms with Crippen LogP contribution in [0.1, 0.15) is 11.1 Å². The van der Waals surface area contributed by atoms with Gasteiger partial charge in [0.2, 0.25) is 5.88 Å². The standard InChI is InChI=1S/C10H12N4O.C9H10N4O/c1-6-3-7(10(15-2)12-5-6)8-4-9(11)14-13-8;1-5-2-6(9(14)11-4-5)7-3-8(10)13-12-7/h3-5H,1-2H3,(H3,11,13,14);2-4H,1H3,(H,11,14)(H3,10,12,13). The third-order valence-corrected chi connectivity index (χ3v) is 4.00. The molecule has 10 heteroatoms. The number of rotatable bonds is 3. The zero-order chi connectivity index (χ0) is 21.0. The first-order valence-electron chi connectivity index (χ1n) is 8.70. The molecule has 0 fully saturated rings. The van der Waals surface area contributed by atoms with Gasteiger partial charge in [-0.05, 0) is 37.1 Å². The second-order valence-electron chi connectivity index (χ2n) is 6.40. The molecule has 0 aliphatic carbocycles. The van der Waals surface area contributed by atoms with Crippen LogP contribution in [-0.2, 0) is 0 Å². The van der Waals surface area contributed by atoms with Crippen molar-refractivity contribution in [1.29, 1.82) is 0 Å². The van der Waals surface area contributed by atoms with Crippen molar-refractivity contribution in [3.8, 4) is 28.4 Å². The highest BCUT2D eigenvalue weighted by atomic mass is 16.5. The summed E-state index contributed by atoms with van der Waals surface area (Å²) in [5, 5.41) is 13.2. The number of pyridine rings is 2. The van der Waals surface area contributed by atoms with E-state index in [1.54, 1.807) is 37.7 Å². The number of nitrogen functional groups attached to an aromatic ring is 2. The lowest BCUT2D eigenvalue weighted by Gasteiger charge is -2.05. The summed E-state index contributed by atoms with van der Waals surface area (Å²) in [5.41, 5.74) is 15.7. The summed E-state index contributed by atoms with van der Waals surface area (Å²) in [6, 6.07) is 7.13. The molecule has 4 rings (SSSR count). The van der Waals surface area contributed by atoms with Crippen molar-refractivity contribution in [3.05, 3.63) is 58.1 Å². The van der Waals surface area contributed by atoms with Gasteiger partial charge in [-0.15, -0.1) is 0 Å². The van der Waals surface area contributed by atoms with E-state index in [0.717, 1.165) is 22.4 Å². The van der Waals surface area contributed by atoms with E-state index in [2.05, 4.69) is 30.4 Å². The van der Waals surface area contributed by atoms with Gasteiger partial charge in [0.05, 0.1) is 29.6 Å². The number of nitrogens with two attached hydrogens (primary N) is 2. The minimum atomic E-state index is -0.153. The molecule has 0 unspecified atom stereocenters. The average Bonchev–Trinajstić information content (AvgIpc) is 3.32. The van der Waals surface area contributed by atoms with Crippen LogP contribution in [0, 0.1) is 13.8 Å². The van der Waals surface area contributed by atoms with E-state index in [-0.39, 0.29) is 5.56 Å². The first-order chi connectivity index (χ1) is 13.9. The molecule has 4 heterocycles. The van der Waals surface area contributed by atoms with Crippen molar-refractivity contribution >= 4 is 11.6 Å². The molecule has 0 bridgehead atoms. The van der Waals surface area contributed by atoms with Crippen LogP contribution >= 0.6 is 0 Å². The molecule has 10 nitrogen and oxygen atoms in total. The molecule has 0 aliphatic heterocycles. The highest BCUT2D eigenvalue weighted by Gasteiger charge is 2.09. The quantitative estimate of drug-likeness (QED) is 0.354. The molecule has 0 aliphatic rings. The molecule has 7 N–H and O–H groups in total. The Hall–Kier alpha value is -4.08. The lowest BCUT2D eigenvalue weighted by Crippen LogP contribution is -2.08. The van der Waals surface area contributed by atoms with Crippen LogP contribution in [0.4, 0.5) is 11.6 Å². The SMILES string of the molecule is COc1ncc(C)cc1-c1cc(N)n[nH]1.Cc1c[nH]c(=O)c(-c2cc(N)n[nH]2)c1. The molecule has 0 radical (unpaired) electrons. The van der Waals surface area contributed by atoms with Gasteiger partial charge < -0.3 is 21.2 Å². The van der Waals surface area contributed by atoms with Gasteiger partial charge in [-0.25, -0.2) is 4.98 Å². The Bertz CT molecular complexity index is 1170. The van der Waals surface area contributed by atoms with E-state index >= 15 is 0 Å². The fraction of sp³-hybridized carbons (Fsp3) is 0.158. The van der Waals surface area contributed by atoms with E-state index in [1.807, 2.05) is 19.9 Å². The van der Waals surface area contributed by atoms with Crippen LogP contribution in [0.2, 0.25) is 0 Å². The number of methoxy groups -OCH3 is 1. The second kappa shape index (κ2) is 8.30. The summed E-state index contributed by atoms with van der Waals surface area (Å²) >= 11 is 0. The van der Waals surface area contributed by atoms with Crippen molar-refractivity contribution in [2.45, 2.75) is 13.8 Å². The molecule has 0 atom stereocenters. The Morgan fingerprint density at radius 2 is 1.48 bits per heavy atom. The zero-order valence-electron chi connectivity index (χ0n) is 16.3. The number of ether oxygens (including phenoxy) is 1. The molecular weight excluding hydrogens is 372 g/mol. The van der Waals surface area contributed by atoms with E-state index in [4.69, 9.17) is 16.2 Å². The molecule has 0 saturated heterocycles. The van der Waals surface area contributed by atoms with Crippen LogP contribution in [0.15, 0.2) is 41.5 Å². The predicted octanol–water partition coefficient (Wildman–Crippen LogP) is 2.03. The fourth-order valence-corrected chi connectivity index (χ4v) is 2.65. The van der Waals surface area contributed by atoms with Gasteiger partial charge in [0.25, 0.3) is 5.56 Å². The third kappa shape index (κ3) is 4.61. The summed E-state index contributed by atoms with van der Waals surface area (Å²) in [4.78, 5) is 18.2. The molecule has 4 aromatic heterocycles. The fourth-order valence-electron chi connectivity index (χ4n) is 2.65. The Kier molecular flexibility index (Phi) is 5.63. The molecule has 0 saturated carbocycles. The van der Waals surface area contributed by atoms with E-state index < -0.39 is 0 Å². The van der Waals surface area contributed by atoms with Gasteiger partial charge in [-0.1, -0.05) is 0 Å². The maximum absolute atomic E-state index is 11.4. The van der Waals surface area contributed by atoms with Gasteiger partial charge in [0, 0.05) is 24.5 Å². The smallest absolute Gasteiger partial charge is 0.257 e. The Morgan fingerprint density at radius 1 is 0.897 bits per heavy atom. The second-order valence-corrected chi connectivity index (χ2v) is 6.40. The van der Waals surface area contributed by atoms with Crippen molar-refractivity contribution in [2.24, 2.45) is 0 Å². The molecule has 0 spiro atoms. The maximum Gasteiger partial charge on any atom is 0.257 e. The van der Waals surface area contributed by atoms with Crippen LogP contribution in [0.25, 0.3) is 22.5 Å². The first-order valence-corrected chi connectivity index (χ1v) is 8.70. The van der Waals surface area contributed by atoms with Crippen LogP contribution in [-0.4, -0.2) is 37.5 Å². The lowest BCUT2D eigenvalue weighted by molar-refractivity contribution is 0.399. The summed E-state index contributed by atoms with van der Waals surface area (Å²) < 4.78 is 5.16. The van der Waals surface area contributed by atoms with E-state index in [1.165, 1.54) is 0 Å². The highest BCUT2D eigenvalue weighted by molar-refractivity contribution is 5.67. The number of hydrogen-bond donors (Lipinski definition) is 5. The molecule has 0 aromatic carbocycles. The number of aromatic nitrogens is 6. The highest BCUT2D eigenvalue weighted by Crippen LogP contribution is 2.27. The minimum absolute atomic E-state index is 0.153. The number of aryl methyl sites for hydroxylation is 2. The molecule has 0 amide bonds. The average molecular weight is 394 g/mol. The first kappa shape index (κ1) is 19.7. The number of anilines is 2. The summed E-state index contributed by atoms with van der Waals surface area (Å²) in [5.74, 6) is 1.39. The largest absolute Gasteiger partial charge is 0.481 e. The summed E-state index contributed by atoms with van der Waals surface area (Å²) in [7, 11) is 1.58. The lowest BCUT2D eigenvalue weighted by atomic mass is 10.1. The van der Waals surface area contributed by atoms with Crippen molar-refractivity contribution in [3.63, 3.8) is 0 Å². The molecule has 150 valence electrons. The molecule has 29 heavy (non-hydrogen) atoms. The summed E-state index contributed by atoms with van der Waals surface area (Å²) in [6.07, 6.45) is 3.41. The number of aromatic amines is 3. The van der Waals surface area contributed by atoms with Gasteiger partial charge in [-0.3, -0.25) is 15.0 Å². The van der Waals surface area contributed by atoms with Gasteiger partial charge >= 0.3 is 0 Å². The van der Waals surface area contributed by atoms with E-state index in [9.17, 15) is 4.79 Å². The topological polar surface area (TPSA) is 164 Å². The maximum atomic E-state index is 11.4. The number of hydrogen-bond acceptors (Lipinski definition) is 7. The predicted molar refractivity (Wildman–Crippen MR) is 111 cm³/mol. The minimum Gasteiger partial charge on any atom is -0.481 e. The number of nitrogens with zero attached hydrogens (tertiary/aromatic N) is 3. The Balaban J connectivity index is 0.000000166. The Morgan fingerprint density at radius 3 is 2.03 bits per heavy atom.